The van der Waals surface area contributed by atoms with Crippen molar-refractivity contribution in [2.75, 3.05) is 6.54 Å². The lowest BCUT2D eigenvalue weighted by Gasteiger charge is -2.15. The molecule has 1 aliphatic carbocycles. The number of hydrogen-bond donors (Lipinski definition) is 2. The largest absolute Gasteiger partial charge is 0.352 e. The predicted molar refractivity (Wildman–Crippen MR) is 77.8 cm³/mol. The molecule has 3 N–H and O–H groups in total. The molecule has 0 aliphatic heterocycles. The third-order valence-corrected chi connectivity index (χ3v) is 3.33. The van der Waals surface area contributed by atoms with E-state index in [4.69, 9.17) is 5.73 Å². The Hall–Kier alpha value is -1.66. The summed E-state index contributed by atoms with van der Waals surface area (Å²) in [4.78, 5) is 22.3. The Morgan fingerprint density at radius 1 is 1.45 bits per heavy atom. The molecule has 0 aromatic heterocycles. The molecule has 0 radical (unpaired) electrons. The molecule has 1 saturated carbocycles. The third-order valence-electron chi connectivity index (χ3n) is 3.33. The first kappa shape index (κ1) is 16.4. The van der Waals surface area contributed by atoms with E-state index in [1.165, 1.54) is 6.07 Å². The van der Waals surface area contributed by atoms with E-state index in [0.29, 0.717) is 18.0 Å². The van der Waals surface area contributed by atoms with Gasteiger partial charge in [0.1, 0.15) is 0 Å². The second kappa shape index (κ2) is 7.21. The molecule has 110 valence electrons. The van der Waals surface area contributed by atoms with Crippen LogP contribution in [0.15, 0.2) is 24.3 Å². The van der Waals surface area contributed by atoms with Crippen molar-refractivity contribution in [1.82, 2.24) is 5.32 Å². The van der Waals surface area contributed by atoms with Gasteiger partial charge in [-0.25, -0.2) is 0 Å². The average Bonchev–Trinajstić information content (AvgIpc) is 3.20. The second-order valence-electron chi connectivity index (χ2n) is 4.81. The first-order valence-corrected chi connectivity index (χ1v) is 6.33. The molecule has 1 aromatic carbocycles. The molecule has 1 aliphatic rings. The Bertz CT molecular complexity index is 492. The first-order chi connectivity index (χ1) is 9.11. The zero-order valence-corrected chi connectivity index (χ0v) is 11.8. The molecule has 0 saturated heterocycles. The molecule has 1 aromatic rings. The van der Waals surface area contributed by atoms with Crippen molar-refractivity contribution in [3.8, 4) is 0 Å². The molecule has 6 nitrogen and oxygen atoms in total. The normalized spacial score (nSPS) is 15.1. The van der Waals surface area contributed by atoms with Gasteiger partial charge in [-0.3, -0.25) is 14.9 Å². The van der Waals surface area contributed by atoms with Crippen LogP contribution in [0.25, 0.3) is 0 Å². The molecular weight excluding hydrogens is 282 g/mol. The van der Waals surface area contributed by atoms with Crippen LogP contribution in [0.4, 0.5) is 5.69 Å². The van der Waals surface area contributed by atoms with Gasteiger partial charge in [-0.1, -0.05) is 18.2 Å². The number of carbonyl (C=O) groups excluding carboxylic acids is 1. The van der Waals surface area contributed by atoms with Crippen molar-refractivity contribution in [3.05, 3.63) is 39.9 Å². The Morgan fingerprint density at radius 2 is 2.10 bits per heavy atom. The van der Waals surface area contributed by atoms with E-state index in [1.807, 2.05) is 0 Å². The highest BCUT2D eigenvalue weighted by Gasteiger charge is 2.31. The van der Waals surface area contributed by atoms with Crippen molar-refractivity contribution in [2.45, 2.75) is 25.3 Å². The van der Waals surface area contributed by atoms with E-state index < -0.39 is 4.92 Å². The summed E-state index contributed by atoms with van der Waals surface area (Å²) in [7, 11) is 0. The van der Waals surface area contributed by atoms with Gasteiger partial charge >= 0.3 is 0 Å². The van der Waals surface area contributed by atoms with Crippen LogP contribution in [0.1, 0.15) is 18.4 Å². The number of para-hydroxylation sites is 1. The minimum Gasteiger partial charge on any atom is -0.352 e. The second-order valence-corrected chi connectivity index (χ2v) is 4.81. The van der Waals surface area contributed by atoms with Gasteiger partial charge in [0.2, 0.25) is 5.91 Å². The Morgan fingerprint density at radius 3 is 2.65 bits per heavy atom. The lowest BCUT2D eigenvalue weighted by atomic mass is 10.1. The number of amides is 1. The van der Waals surface area contributed by atoms with Crippen LogP contribution >= 0.6 is 12.4 Å². The molecule has 0 bridgehead atoms. The molecule has 1 amide bonds. The zero-order chi connectivity index (χ0) is 13.8. The number of nitrogens with one attached hydrogen (secondary N) is 1. The maximum absolute atomic E-state index is 11.9. The number of hydrogen-bond acceptors (Lipinski definition) is 4. The van der Waals surface area contributed by atoms with Gasteiger partial charge in [0, 0.05) is 24.2 Å². The summed E-state index contributed by atoms with van der Waals surface area (Å²) >= 11 is 0. The van der Waals surface area contributed by atoms with Crippen LogP contribution in [-0.2, 0) is 11.2 Å². The molecule has 7 heteroatoms. The van der Waals surface area contributed by atoms with E-state index in [1.54, 1.807) is 18.2 Å². The average molecular weight is 300 g/mol. The molecule has 0 heterocycles. The Balaban J connectivity index is 0.00000200. The first-order valence-electron chi connectivity index (χ1n) is 6.33. The Labute approximate surface area is 123 Å². The van der Waals surface area contributed by atoms with Crippen LogP contribution in [0.2, 0.25) is 0 Å². The van der Waals surface area contributed by atoms with Crippen molar-refractivity contribution >= 4 is 24.0 Å². The number of rotatable bonds is 6. The smallest absolute Gasteiger partial charge is 0.273 e. The highest BCUT2D eigenvalue weighted by Crippen LogP contribution is 2.32. The number of nitro groups is 1. The molecule has 2 rings (SSSR count). The minimum absolute atomic E-state index is 0. The van der Waals surface area contributed by atoms with Gasteiger partial charge in [-0.05, 0) is 18.8 Å². The monoisotopic (exact) mass is 299 g/mol. The van der Waals surface area contributed by atoms with Gasteiger partial charge in [0.25, 0.3) is 5.69 Å². The van der Waals surface area contributed by atoms with Crippen LogP contribution in [0, 0.1) is 16.0 Å². The zero-order valence-electron chi connectivity index (χ0n) is 11.0. The maximum atomic E-state index is 11.9. The summed E-state index contributed by atoms with van der Waals surface area (Å²) in [5.74, 6) is 0.261. The summed E-state index contributed by atoms with van der Waals surface area (Å²) < 4.78 is 0. The summed E-state index contributed by atoms with van der Waals surface area (Å²) in [5, 5.41) is 13.7. The van der Waals surface area contributed by atoms with E-state index in [-0.39, 0.29) is 36.5 Å². The molecule has 1 unspecified atom stereocenters. The number of nitro benzene ring substituents is 1. The topological polar surface area (TPSA) is 98.3 Å². The number of benzene rings is 1. The lowest BCUT2D eigenvalue weighted by molar-refractivity contribution is -0.385. The quantitative estimate of drug-likeness (QED) is 0.613. The van der Waals surface area contributed by atoms with Gasteiger partial charge in [-0.15, -0.1) is 12.4 Å². The summed E-state index contributed by atoms with van der Waals surface area (Å²) in [6.45, 7) is 0.410. The van der Waals surface area contributed by atoms with E-state index >= 15 is 0 Å². The minimum atomic E-state index is -0.468. The maximum Gasteiger partial charge on any atom is 0.273 e. The van der Waals surface area contributed by atoms with Gasteiger partial charge in [-0.2, -0.15) is 0 Å². The summed E-state index contributed by atoms with van der Waals surface area (Å²) in [6, 6.07) is 6.29. The van der Waals surface area contributed by atoms with Crippen molar-refractivity contribution in [2.24, 2.45) is 11.7 Å². The number of halogens is 1. The van der Waals surface area contributed by atoms with Gasteiger partial charge in [0.15, 0.2) is 0 Å². The van der Waals surface area contributed by atoms with Crippen molar-refractivity contribution in [3.63, 3.8) is 0 Å². The fourth-order valence-electron chi connectivity index (χ4n) is 2.14. The van der Waals surface area contributed by atoms with Crippen LogP contribution < -0.4 is 11.1 Å². The van der Waals surface area contributed by atoms with Crippen LogP contribution in [-0.4, -0.2) is 23.4 Å². The molecule has 0 spiro atoms. The lowest BCUT2D eigenvalue weighted by Crippen LogP contribution is -2.42. The van der Waals surface area contributed by atoms with Gasteiger partial charge in [0.05, 0.1) is 11.3 Å². The summed E-state index contributed by atoms with van der Waals surface area (Å²) in [5.41, 5.74) is 6.02. The number of carbonyl (C=O) groups is 1. The molecule has 1 atom stereocenters. The third kappa shape index (κ3) is 4.18. The van der Waals surface area contributed by atoms with Gasteiger partial charge < -0.3 is 11.1 Å². The van der Waals surface area contributed by atoms with Crippen molar-refractivity contribution in [1.29, 1.82) is 0 Å². The standard InChI is InChI=1S/C13H17N3O3.ClH/c14-8-11(9-5-6-9)15-13(17)7-10-3-1-2-4-12(10)16(18)19;/h1-4,9,11H,5-8,14H2,(H,15,17);1H. The number of nitrogens with zero attached hydrogens (tertiary/aromatic N) is 1. The van der Waals surface area contributed by atoms with Crippen LogP contribution in [0.5, 0.6) is 0 Å². The highest BCUT2D eigenvalue weighted by molar-refractivity contribution is 5.85. The highest BCUT2D eigenvalue weighted by atomic mass is 35.5. The van der Waals surface area contributed by atoms with E-state index in [0.717, 1.165) is 12.8 Å². The van der Waals surface area contributed by atoms with E-state index in [9.17, 15) is 14.9 Å². The molecule has 20 heavy (non-hydrogen) atoms. The number of nitrogens with two attached hydrogens (primary N) is 1. The summed E-state index contributed by atoms with van der Waals surface area (Å²) in [6.07, 6.45) is 2.20. The van der Waals surface area contributed by atoms with Crippen molar-refractivity contribution < 1.29 is 9.72 Å². The van der Waals surface area contributed by atoms with E-state index in [2.05, 4.69) is 5.32 Å². The SMILES string of the molecule is Cl.NCC(NC(=O)Cc1ccccc1[N+](=O)[O-])C1CC1. The fraction of sp³-hybridized carbons (Fsp3) is 0.462. The molecule has 1 fully saturated rings. The predicted octanol–water partition coefficient (Wildman–Crippen LogP) is 1.41. The Kier molecular flexibility index (Phi) is 5.91. The molecular formula is C13H18ClN3O3. The fourth-order valence-corrected chi connectivity index (χ4v) is 2.14. The van der Waals surface area contributed by atoms with Crippen LogP contribution in [0.3, 0.4) is 0 Å².